The topological polar surface area (TPSA) is 117 Å². The number of carbonyl (C=O) groups is 1. The Morgan fingerprint density at radius 3 is 2.73 bits per heavy atom. The van der Waals surface area contributed by atoms with Crippen LogP contribution in [0, 0.1) is 17.1 Å². The Labute approximate surface area is 213 Å². The molecule has 0 saturated carbocycles. The number of fused-ring (bicyclic) bond motifs is 1. The Morgan fingerprint density at radius 1 is 1.27 bits per heavy atom. The first-order chi connectivity index (χ1) is 17.7. The van der Waals surface area contributed by atoms with E-state index in [-0.39, 0.29) is 23.4 Å². The lowest BCUT2D eigenvalue weighted by Crippen LogP contribution is -2.36. The lowest BCUT2D eigenvalue weighted by atomic mass is 10.0. The number of hydrogen-bond donors (Lipinski definition) is 1. The second-order valence-electron chi connectivity index (χ2n) is 9.86. The Morgan fingerprint density at radius 2 is 2.03 bits per heavy atom. The van der Waals surface area contributed by atoms with Gasteiger partial charge in [0.15, 0.2) is 12.0 Å². The molecule has 5 rings (SSSR count). The maximum absolute atomic E-state index is 15.0. The fraction of sp³-hybridized carbons (Fsp3) is 0.385. The van der Waals surface area contributed by atoms with Gasteiger partial charge in [0.1, 0.15) is 11.4 Å². The van der Waals surface area contributed by atoms with Crippen molar-refractivity contribution in [3.8, 4) is 23.0 Å². The largest absolute Gasteiger partial charge is 0.444 e. The molecule has 3 aromatic rings. The lowest BCUT2D eigenvalue weighted by molar-refractivity contribution is -0.0258. The van der Waals surface area contributed by atoms with Gasteiger partial charge in [0, 0.05) is 25.4 Å². The van der Waals surface area contributed by atoms with Gasteiger partial charge in [-0.15, -0.1) is 0 Å². The molecule has 2 aliphatic rings. The summed E-state index contributed by atoms with van der Waals surface area (Å²) in [5.41, 5.74) is 0.740. The molecule has 0 spiro atoms. The molecule has 0 aliphatic carbocycles. The summed E-state index contributed by atoms with van der Waals surface area (Å²) in [6.45, 7) is 7.71. The van der Waals surface area contributed by atoms with Crippen LogP contribution in [0.25, 0.3) is 16.9 Å². The van der Waals surface area contributed by atoms with Crippen LogP contribution in [0.5, 0.6) is 0 Å². The van der Waals surface area contributed by atoms with Gasteiger partial charge in [0.2, 0.25) is 0 Å². The number of anilines is 1. The van der Waals surface area contributed by atoms with Crippen molar-refractivity contribution in [2.45, 2.75) is 39.1 Å². The van der Waals surface area contributed by atoms with Gasteiger partial charge in [-0.1, -0.05) is 6.07 Å². The van der Waals surface area contributed by atoms with Crippen LogP contribution < -0.4 is 4.90 Å². The van der Waals surface area contributed by atoms with E-state index >= 15 is 0 Å². The number of amides is 1. The van der Waals surface area contributed by atoms with Gasteiger partial charge in [-0.25, -0.2) is 13.9 Å². The van der Waals surface area contributed by atoms with Crippen LogP contribution >= 0.6 is 0 Å². The highest BCUT2D eigenvalue weighted by Gasteiger charge is 2.39. The Balaban J connectivity index is 1.63. The smallest absolute Gasteiger partial charge is 0.412 e. The Hall–Kier alpha value is -4.01. The summed E-state index contributed by atoms with van der Waals surface area (Å²) in [7, 11) is 0. The minimum absolute atomic E-state index is 0.0415. The van der Waals surface area contributed by atoms with E-state index in [9.17, 15) is 19.6 Å². The number of nitriles is 1. The SMILES string of the molecule is CC(C)(C)OC(=O)N1Cc2nc(-c3c(F)cccc3C#N)cc(-n3ccc(N4CCOCC4)n3)c2C1O. The number of aliphatic hydroxyl groups is 1. The fourth-order valence-corrected chi connectivity index (χ4v) is 4.49. The molecule has 1 atom stereocenters. The predicted molar refractivity (Wildman–Crippen MR) is 131 cm³/mol. The van der Waals surface area contributed by atoms with Crippen molar-refractivity contribution in [2.24, 2.45) is 0 Å². The molecule has 4 heterocycles. The monoisotopic (exact) mass is 506 g/mol. The molecule has 192 valence electrons. The molecule has 10 nitrogen and oxygen atoms in total. The summed E-state index contributed by atoms with van der Waals surface area (Å²) < 4.78 is 27.4. The van der Waals surface area contributed by atoms with Crippen LogP contribution in [0.1, 0.15) is 43.8 Å². The van der Waals surface area contributed by atoms with Crippen LogP contribution in [-0.2, 0) is 16.0 Å². The maximum Gasteiger partial charge on any atom is 0.412 e. The van der Waals surface area contributed by atoms with E-state index in [1.807, 2.05) is 12.1 Å². The molecule has 1 N–H and O–H groups in total. The number of hydrogen-bond acceptors (Lipinski definition) is 8. The molecule has 1 unspecified atom stereocenters. The van der Waals surface area contributed by atoms with E-state index < -0.39 is 23.7 Å². The third-order valence-corrected chi connectivity index (χ3v) is 6.16. The summed E-state index contributed by atoms with van der Waals surface area (Å²) in [6.07, 6.45) is -0.323. The van der Waals surface area contributed by atoms with Crippen molar-refractivity contribution < 1.29 is 23.8 Å². The molecular formula is C26H27FN6O4. The second kappa shape index (κ2) is 9.46. The summed E-state index contributed by atoms with van der Waals surface area (Å²) in [5, 5.41) is 25.5. The first kappa shape index (κ1) is 24.7. The fourth-order valence-electron chi connectivity index (χ4n) is 4.49. The van der Waals surface area contributed by atoms with Crippen LogP contribution in [0.15, 0.2) is 36.5 Å². The zero-order chi connectivity index (χ0) is 26.3. The zero-order valence-electron chi connectivity index (χ0n) is 20.8. The molecule has 2 aliphatic heterocycles. The number of carbonyl (C=O) groups excluding carboxylic acids is 1. The average molecular weight is 507 g/mol. The van der Waals surface area contributed by atoms with E-state index in [2.05, 4.69) is 9.88 Å². The standard InChI is InChI=1S/C26H27FN6O4/c1-26(2,3)37-25(35)32-15-19-23(24(32)34)20(33-8-7-21(30-33)31-9-11-36-12-10-31)13-18(29-19)22-16(14-28)5-4-6-17(22)27/h4-8,13,24,34H,9-12,15H2,1-3H3. The van der Waals surface area contributed by atoms with Crippen molar-refractivity contribution in [3.63, 3.8) is 0 Å². The summed E-state index contributed by atoms with van der Waals surface area (Å²) in [5.74, 6) is 0.116. The molecule has 0 radical (unpaired) electrons. The number of halogens is 1. The number of nitrogens with zero attached hydrogens (tertiary/aromatic N) is 6. The van der Waals surface area contributed by atoms with Crippen molar-refractivity contribution in [1.82, 2.24) is 19.7 Å². The third-order valence-electron chi connectivity index (χ3n) is 6.16. The summed E-state index contributed by atoms with van der Waals surface area (Å²) >= 11 is 0. The van der Waals surface area contributed by atoms with Gasteiger partial charge < -0.3 is 19.5 Å². The normalized spacial score (nSPS) is 17.5. The van der Waals surface area contributed by atoms with E-state index in [0.717, 1.165) is 10.7 Å². The number of ether oxygens (including phenoxy) is 2. The van der Waals surface area contributed by atoms with Crippen LogP contribution in [-0.4, -0.2) is 62.8 Å². The molecule has 0 bridgehead atoms. The molecule has 2 aromatic heterocycles. The van der Waals surface area contributed by atoms with E-state index in [4.69, 9.17) is 14.6 Å². The van der Waals surface area contributed by atoms with E-state index in [0.29, 0.717) is 43.2 Å². The lowest BCUT2D eigenvalue weighted by Gasteiger charge is -2.26. The number of pyridine rings is 1. The molecule has 1 saturated heterocycles. The maximum atomic E-state index is 15.0. The highest BCUT2D eigenvalue weighted by atomic mass is 19.1. The number of aromatic nitrogens is 3. The van der Waals surface area contributed by atoms with Crippen molar-refractivity contribution in [2.75, 3.05) is 31.2 Å². The molecule has 1 aromatic carbocycles. The number of benzene rings is 1. The first-order valence-electron chi connectivity index (χ1n) is 12.0. The van der Waals surface area contributed by atoms with Gasteiger partial charge >= 0.3 is 6.09 Å². The highest BCUT2D eigenvalue weighted by molar-refractivity contribution is 5.74. The molecule has 1 fully saturated rings. The van der Waals surface area contributed by atoms with Crippen molar-refractivity contribution in [3.05, 3.63) is 59.2 Å². The quantitative estimate of drug-likeness (QED) is 0.574. The summed E-state index contributed by atoms with van der Waals surface area (Å²) in [6, 6.07) is 9.67. The second-order valence-corrected chi connectivity index (χ2v) is 9.86. The first-order valence-corrected chi connectivity index (χ1v) is 12.0. The zero-order valence-corrected chi connectivity index (χ0v) is 20.8. The molecule has 37 heavy (non-hydrogen) atoms. The predicted octanol–water partition coefficient (Wildman–Crippen LogP) is 3.52. The highest BCUT2D eigenvalue weighted by Crippen LogP contribution is 2.39. The number of aliphatic hydroxyl groups excluding tert-OH is 1. The summed E-state index contributed by atoms with van der Waals surface area (Å²) in [4.78, 5) is 20.7. The molecule has 11 heteroatoms. The van der Waals surface area contributed by atoms with E-state index in [1.54, 1.807) is 37.7 Å². The number of rotatable bonds is 3. The average Bonchev–Trinajstić information content (AvgIpc) is 3.48. The van der Waals surface area contributed by atoms with Gasteiger partial charge in [0.05, 0.1) is 59.6 Å². The van der Waals surface area contributed by atoms with E-state index in [1.165, 1.54) is 18.2 Å². The van der Waals surface area contributed by atoms with Gasteiger partial charge in [-0.05, 0) is 39.0 Å². The Kier molecular flexibility index (Phi) is 6.31. The van der Waals surface area contributed by atoms with Crippen molar-refractivity contribution in [1.29, 1.82) is 5.26 Å². The third kappa shape index (κ3) is 4.73. The molecular weight excluding hydrogens is 479 g/mol. The van der Waals surface area contributed by atoms with Gasteiger partial charge in [-0.3, -0.25) is 9.88 Å². The van der Waals surface area contributed by atoms with Crippen LogP contribution in [0.4, 0.5) is 15.0 Å². The van der Waals surface area contributed by atoms with Crippen molar-refractivity contribution >= 4 is 11.9 Å². The van der Waals surface area contributed by atoms with Gasteiger partial charge in [0.25, 0.3) is 0 Å². The van der Waals surface area contributed by atoms with Crippen LogP contribution in [0.3, 0.4) is 0 Å². The van der Waals surface area contributed by atoms with Crippen LogP contribution in [0.2, 0.25) is 0 Å². The Bertz CT molecular complexity index is 1390. The molecule has 1 amide bonds. The minimum Gasteiger partial charge on any atom is -0.444 e. The van der Waals surface area contributed by atoms with Gasteiger partial charge in [-0.2, -0.15) is 10.4 Å². The minimum atomic E-state index is -1.35. The number of morpholine rings is 1.